The average molecular weight is 311 g/mol. The molecule has 0 aliphatic heterocycles. The Morgan fingerprint density at radius 2 is 1.78 bits per heavy atom. The second-order valence-electron chi connectivity index (χ2n) is 6.11. The van der Waals surface area contributed by atoms with Gasteiger partial charge in [0, 0.05) is 0 Å². The maximum atomic E-state index is 12.3. The molecule has 3 nitrogen and oxygen atoms in total. The summed E-state index contributed by atoms with van der Waals surface area (Å²) in [7, 11) is 1.65. The lowest BCUT2D eigenvalue weighted by molar-refractivity contribution is -0.121. The van der Waals surface area contributed by atoms with Crippen molar-refractivity contribution in [2.45, 2.75) is 40.2 Å². The van der Waals surface area contributed by atoms with E-state index >= 15 is 0 Å². The van der Waals surface area contributed by atoms with Crippen LogP contribution < -0.4 is 10.1 Å². The molecule has 0 fully saturated rings. The molecule has 0 aliphatic carbocycles. The van der Waals surface area contributed by atoms with Crippen LogP contribution >= 0.6 is 0 Å². The molecule has 1 N–H and O–H groups in total. The molecule has 2 aromatic rings. The first-order chi connectivity index (χ1) is 10.9. The number of hydrogen-bond acceptors (Lipinski definition) is 2. The van der Waals surface area contributed by atoms with Gasteiger partial charge in [0.1, 0.15) is 5.75 Å². The number of hydrogen-bond donors (Lipinski definition) is 1. The minimum absolute atomic E-state index is 0.00106. The summed E-state index contributed by atoms with van der Waals surface area (Å²) in [5, 5.41) is 3.07. The summed E-state index contributed by atoms with van der Waals surface area (Å²) >= 11 is 0. The predicted octanol–water partition coefficient (Wildman–Crippen LogP) is 4.04. The van der Waals surface area contributed by atoms with Crippen molar-refractivity contribution in [2.75, 3.05) is 7.11 Å². The monoisotopic (exact) mass is 311 g/mol. The summed E-state index contributed by atoms with van der Waals surface area (Å²) in [4.78, 5) is 12.3. The summed E-state index contributed by atoms with van der Waals surface area (Å²) < 4.78 is 5.25. The second-order valence-corrected chi connectivity index (χ2v) is 6.11. The molecule has 2 aromatic carbocycles. The molecular weight excluding hydrogens is 286 g/mol. The summed E-state index contributed by atoms with van der Waals surface area (Å²) in [6.07, 6.45) is 0.375. The standard InChI is InChI=1S/C20H25NO2/c1-13-6-8-18(11-14(13)2)16(4)21-20(22)12-17-7-9-19(23-5)15(3)10-17/h6-11,16H,12H2,1-5H3,(H,21,22)/t16-/m0/s1. The Balaban J connectivity index is 2.01. The van der Waals surface area contributed by atoms with Crippen molar-refractivity contribution in [1.82, 2.24) is 5.32 Å². The van der Waals surface area contributed by atoms with Gasteiger partial charge in [-0.2, -0.15) is 0 Å². The Hall–Kier alpha value is -2.29. The van der Waals surface area contributed by atoms with E-state index in [-0.39, 0.29) is 11.9 Å². The fourth-order valence-electron chi connectivity index (χ4n) is 2.65. The van der Waals surface area contributed by atoms with Gasteiger partial charge >= 0.3 is 0 Å². The van der Waals surface area contributed by atoms with Crippen molar-refractivity contribution in [3.63, 3.8) is 0 Å². The molecule has 0 aliphatic rings. The summed E-state index contributed by atoms with van der Waals surface area (Å²) in [6, 6.07) is 12.2. The minimum Gasteiger partial charge on any atom is -0.496 e. The maximum absolute atomic E-state index is 12.3. The Kier molecular flexibility index (Phi) is 5.43. The van der Waals surface area contributed by atoms with E-state index in [1.807, 2.05) is 32.0 Å². The van der Waals surface area contributed by atoms with Crippen molar-refractivity contribution >= 4 is 5.91 Å². The number of carbonyl (C=O) groups excluding carboxylic acids is 1. The predicted molar refractivity (Wildman–Crippen MR) is 93.9 cm³/mol. The van der Waals surface area contributed by atoms with Gasteiger partial charge in [-0.3, -0.25) is 4.79 Å². The third kappa shape index (κ3) is 4.35. The first-order valence-corrected chi connectivity index (χ1v) is 7.90. The van der Waals surface area contributed by atoms with Gasteiger partial charge in [0.25, 0.3) is 0 Å². The normalized spacial score (nSPS) is 11.9. The van der Waals surface area contributed by atoms with Crippen LogP contribution in [0.1, 0.15) is 40.8 Å². The number of methoxy groups -OCH3 is 1. The van der Waals surface area contributed by atoms with Gasteiger partial charge in [0.2, 0.25) is 5.91 Å². The molecule has 0 bridgehead atoms. The highest BCUT2D eigenvalue weighted by Crippen LogP contribution is 2.20. The van der Waals surface area contributed by atoms with Crippen LogP contribution in [0.5, 0.6) is 5.75 Å². The molecule has 23 heavy (non-hydrogen) atoms. The average Bonchev–Trinajstić information content (AvgIpc) is 2.50. The number of amides is 1. The molecule has 3 heteroatoms. The van der Waals surface area contributed by atoms with Gasteiger partial charge in [-0.05, 0) is 61.6 Å². The van der Waals surface area contributed by atoms with Crippen LogP contribution in [-0.2, 0) is 11.2 Å². The molecule has 0 saturated heterocycles. The Morgan fingerprint density at radius 1 is 1.04 bits per heavy atom. The number of rotatable bonds is 5. The van der Waals surface area contributed by atoms with Gasteiger partial charge in [-0.15, -0.1) is 0 Å². The summed E-state index contributed by atoms with van der Waals surface area (Å²) in [6.45, 7) is 8.18. The largest absolute Gasteiger partial charge is 0.496 e. The smallest absolute Gasteiger partial charge is 0.224 e. The molecule has 1 atom stereocenters. The Labute approximate surface area is 138 Å². The Bertz CT molecular complexity index is 707. The van der Waals surface area contributed by atoms with E-state index < -0.39 is 0 Å². The lowest BCUT2D eigenvalue weighted by Crippen LogP contribution is -2.28. The molecule has 0 spiro atoms. The van der Waals surface area contributed by atoms with Crippen LogP contribution in [0.15, 0.2) is 36.4 Å². The zero-order chi connectivity index (χ0) is 17.0. The highest BCUT2D eigenvalue weighted by Gasteiger charge is 2.11. The fraction of sp³-hybridized carbons (Fsp3) is 0.350. The third-order valence-corrected chi connectivity index (χ3v) is 4.23. The van der Waals surface area contributed by atoms with Crippen molar-refractivity contribution in [3.8, 4) is 5.75 Å². The highest BCUT2D eigenvalue weighted by atomic mass is 16.5. The molecule has 0 unspecified atom stereocenters. The molecule has 122 valence electrons. The van der Waals surface area contributed by atoms with Crippen LogP contribution in [0, 0.1) is 20.8 Å². The van der Waals surface area contributed by atoms with E-state index in [0.717, 1.165) is 22.4 Å². The van der Waals surface area contributed by atoms with E-state index in [2.05, 4.69) is 37.4 Å². The highest BCUT2D eigenvalue weighted by molar-refractivity contribution is 5.79. The number of benzene rings is 2. The molecular formula is C20H25NO2. The van der Waals surface area contributed by atoms with Crippen molar-refractivity contribution in [3.05, 3.63) is 64.2 Å². The summed E-state index contributed by atoms with van der Waals surface area (Å²) in [5.41, 5.74) is 5.68. The van der Waals surface area contributed by atoms with Crippen molar-refractivity contribution in [2.24, 2.45) is 0 Å². The SMILES string of the molecule is COc1ccc(CC(=O)N[C@@H](C)c2ccc(C)c(C)c2)cc1C. The van der Waals surface area contributed by atoms with E-state index in [1.54, 1.807) is 7.11 Å². The number of aryl methyl sites for hydroxylation is 3. The number of ether oxygens (including phenoxy) is 1. The first kappa shape index (κ1) is 17.1. The van der Waals surface area contributed by atoms with Crippen molar-refractivity contribution < 1.29 is 9.53 Å². The van der Waals surface area contributed by atoms with E-state index in [4.69, 9.17) is 4.74 Å². The molecule has 0 radical (unpaired) electrons. The van der Waals surface area contributed by atoms with Crippen molar-refractivity contribution in [1.29, 1.82) is 0 Å². The molecule has 2 rings (SSSR count). The van der Waals surface area contributed by atoms with Gasteiger partial charge in [-0.1, -0.05) is 30.3 Å². The lowest BCUT2D eigenvalue weighted by atomic mass is 10.0. The molecule has 0 aromatic heterocycles. The van der Waals surface area contributed by atoms with Crippen LogP contribution in [0.2, 0.25) is 0 Å². The third-order valence-electron chi connectivity index (χ3n) is 4.23. The van der Waals surface area contributed by atoms with E-state index in [1.165, 1.54) is 11.1 Å². The quantitative estimate of drug-likeness (QED) is 0.905. The molecule has 0 saturated carbocycles. The number of nitrogens with one attached hydrogen (secondary N) is 1. The maximum Gasteiger partial charge on any atom is 0.224 e. The summed E-state index contributed by atoms with van der Waals surface area (Å²) in [5.74, 6) is 0.873. The topological polar surface area (TPSA) is 38.3 Å². The lowest BCUT2D eigenvalue weighted by Gasteiger charge is -2.16. The first-order valence-electron chi connectivity index (χ1n) is 7.90. The second kappa shape index (κ2) is 7.32. The van der Waals surface area contributed by atoms with Crippen LogP contribution in [0.3, 0.4) is 0 Å². The van der Waals surface area contributed by atoms with Gasteiger partial charge in [-0.25, -0.2) is 0 Å². The zero-order valence-corrected chi connectivity index (χ0v) is 14.6. The van der Waals surface area contributed by atoms with Gasteiger partial charge in [0.05, 0.1) is 19.6 Å². The Morgan fingerprint density at radius 3 is 2.39 bits per heavy atom. The number of carbonyl (C=O) groups is 1. The van der Waals surface area contributed by atoms with E-state index in [9.17, 15) is 4.79 Å². The van der Waals surface area contributed by atoms with Gasteiger partial charge < -0.3 is 10.1 Å². The van der Waals surface area contributed by atoms with E-state index in [0.29, 0.717) is 6.42 Å². The molecule has 1 amide bonds. The molecule has 0 heterocycles. The van der Waals surface area contributed by atoms with Gasteiger partial charge in [0.15, 0.2) is 0 Å². The van der Waals surface area contributed by atoms with Crippen LogP contribution in [-0.4, -0.2) is 13.0 Å². The van der Waals surface area contributed by atoms with Crippen LogP contribution in [0.25, 0.3) is 0 Å². The minimum atomic E-state index is 0.00106. The fourth-order valence-corrected chi connectivity index (χ4v) is 2.65. The van der Waals surface area contributed by atoms with Crippen LogP contribution in [0.4, 0.5) is 0 Å². The zero-order valence-electron chi connectivity index (χ0n) is 14.6.